The number of nitrogens with one attached hydrogen (secondary N) is 1. The highest BCUT2D eigenvalue weighted by atomic mass is 19.4. The number of allylic oxidation sites excluding steroid dienone is 1. The number of aliphatic hydroxyl groups excluding tert-OH is 1. The summed E-state index contributed by atoms with van der Waals surface area (Å²) >= 11 is 0. The van der Waals surface area contributed by atoms with Gasteiger partial charge in [0.25, 0.3) is 0 Å². The fraction of sp³-hybridized carbons (Fsp3) is 0.444. The molecule has 0 spiro atoms. The lowest BCUT2D eigenvalue weighted by Crippen LogP contribution is -2.47. The number of aliphatic hydroxyl groups is 1. The Balaban J connectivity index is 1.86. The highest BCUT2D eigenvalue weighted by Crippen LogP contribution is 2.31. The molecular weight excluding hydrogens is 504 g/mol. The number of ether oxygens (including phenoxy) is 2. The Kier molecular flexibility index (Phi) is 10.3. The van der Waals surface area contributed by atoms with Gasteiger partial charge in [-0.2, -0.15) is 13.2 Å². The maximum atomic E-state index is 14.2. The molecule has 1 saturated carbocycles. The van der Waals surface area contributed by atoms with Crippen molar-refractivity contribution < 1.29 is 32.1 Å². The molecule has 3 atom stereocenters. The van der Waals surface area contributed by atoms with Gasteiger partial charge in [-0.05, 0) is 74.2 Å². The van der Waals surface area contributed by atoms with E-state index in [0.29, 0.717) is 24.3 Å². The van der Waals surface area contributed by atoms with Crippen LogP contribution in [0.3, 0.4) is 0 Å². The summed E-state index contributed by atoms with van der Waals surface area (Å²) in [5.74, 6) is 0.656. The van der Waals surface area contributed by atoms with Gasteiger partial charge in [0, 0.05) is 18.2 Å². The Morgan fingerprint density at radius 1 is 1.21 bits per heavy atom. The van der Waals surface area contributed by atoms with Crippen LogP contribution < -0.4 is 21.5 Å². The number of alkyl halides is 3. The van der Waals surface area contributed by atoms with Gasteiger partial charge < -0.3 is 31.4 Å². The topological polar surface area (TPSA) is 115 Å². The summed E-state index contributed by atoms with van der Waals surface area (Å²) in [6, 6.07) is 9.83. The molecule has 1 aliphatic rings. The van der Waals surface area contributed by atoms with E-state index in [1.54, 1.807) is 26.2 Å². The molecule has 3 rings (SSSR count). The Labute approximate surface area is 219 Å². The largest absolute Gasteiger partial charge is 0.497 e. The summed E-state index contributed by atoms with van der Waals surface area (Å²) in [5.41, 5.74) is 10.7. The zero-order valence-electron chi connectivity index (χ0n) is 21.3. The van der Waals surface area contributed by atoms with Gasteiger partial charge >= 0.3 is 6.18 Å². The van der Waals surface area contributed by atoms with Crippen LogP contribution >= 0.6 is 0 Å². The first kappa shape index (κ1) is 29.6. The highest BCUT2D eigenvalue weighted by molar-refractivity contribution is 6.01. The van der Waals surface area contributed by atoms with Crippen molar-refractivity contribution in [2.24, 2.45) is 22.4 Å². The van der Waals surface area contributed by atoms with E-state index in [-0.39, 0.29) is 24.4 Å². The first-order chi connectivity index (χ1) is 18.0. The molecule has 2 aromatic rings. The Morgan fingerprint density at radius 3 is 2.50 bits per heavy atom. The highest BCUT2D eigenvalue weighted by Gasteiger charge is 2.33. The smallest absolute Gasteiger partial charge is 0.430 e. The summed E-state index contributed by atoms with van der Waals surface area (Å²) < 4.78 is 64.9. The summed E-state index contributed by atoms with van der Waals surface area (Å²) in [6.07, 6.45) is -4.33. The number of hydrogen-bond acceptors (Lipinski definition) is 7. The number of methoxy groups -OCH3 is 1. The average molecular weight is 539 g/mol. The fourth-order valence-electron chi connectivity index (χ4n) is 3.66. The molecule has 1 fully saturated rings. The van der Waals surface area contributed by atoms with Crippen LogP contribution in [0.15, 0.2) is 59.2 Å². The van der Waals surface area contributed by atoms with Crippen molar-refractivity contribution in [2.75, 3.05) is 20.2 Å². The lowest BCUT2D eigenvalue weighted by atomic mass is 10.0. The molecule has 0 saturated heterocycles. The predicted molar refractivity (Wildman–Crippen MR) is 138 cm³/mol. The van der Waals surface area contributed by atoms with Crippen LogP contribution in [0.2, 0.25) is 0 Å². The van der Waals surface area contributed by atoms with Crippen LogP contribution in [0.4, 0.5) is 23.2 Å². The maximum Gasteiger partial charge on any atom is 0.430 e. The molecule has 0 amide bonds. The summed E-state index contributed by atoms with van der Waals surface area (Å²) in [6.45, 7) is 2.71. The number of nitrogens with zero attached hydrogens (tertiary/aromatic N) is 1. The third-order valence-corrected chi connectivity index (χ3v) is 6.19. The molecule has 0 heterocycles. The van der Waals surface area contributed by atoms with Crippen molar-refractivity contribution in [1.82, 2.24) is 5.32 Å². The van der Waals surface area contributed by atoms with Gasteiger partial charge in [0.15, 0.2) is 0 Å². The fourth-order valence-corrected chi connectivity index (χ4v) is 3.66. The van der Waals surface area contributed by atoms with Crippen LogP contribution in [-0.4, -0.2) is 49.3 Å². The Bertz CT molecular complexity index is 1120. The van der Waals surface area contributed by atoms with Crippen molar-refractivity contribution in [1.29, 1.82) is 0 Å². The second-order valence-corrected chi connectivity index (χ2v) is 9.35. The van der Waals surface area contributed by atoms with Gasteiger partial charge in [0.1, 0.15) is 23.4 Å². The molecule has 11 heteroatoms. The van der Waals surface area contributed by atoms with E-state index in [1.165, 1.54) is 12.1 Å². The molecule has 2 aromatic carbocycles. The van der Waals surface area contributed by atoms with E-state index < -0.39 is 41.7 Å². The number of halogens is 4. The minimum absolute atomic E-state index is 0.118. The van der Waals surface area contributed by atoms with Gasteiger partial charge in [-0.15, -0.1) is 0 Å². The number of aliphatic imine (C=N–C) groups is 1. The molecule has 3 unspecified atom stereocenters. The minimum atomic E-state index is -4.84. The molecule has 0 aliphatic heterocycles. The monoisotopic (exact) mass is 538 g/mol. The zero-order chi connectivity index (χ0) is 27.9. The Hall–Kier alpha value is -2.99. The van der Waals surface area contributed by atoms with Crippen LogP contribution in [0.5, 0.6) is 5.75 Å². The first-order valence-corrected chi connectivity index (χ1v) is 12.3. The molecule has 1 aliphatic carbocycles. The van der Waals surface area contributed by atoms with E-state index in [0.717, 1.165) is 24.5 Å². The van der Waals surface area contributed by atoms with Crippen molar-refractivity contribution in [3.63, 3.8) is 0 Å². The summed E-state index contributed by atoms with van der Waals surface area (Å²) in [4.78, 5) is 4.27. The van der Waals surface area contributed by atoms with Crippen molar-refractivity contribution in [2.45, 2.75) is 50.8 Å². The molecule has 0 radical (unpaired) electrons. The van der Waals surface area contributed by atoms with Gasteiger partial charge in [0.05, 0.1) is 31.2 Å². The first-order valence-electron chi connectivity index (χ1n) is 12.3. The Morgan fingerprint density at radius 2 is 1.89 bits per heavy atom. The van der Waals surface area contributed by atoms with Crippen molar-refractivity contribution >= 4 is 11.4 Å². The van der Waals surface area contributed by atoms with E-state index >= 15 is 0 Å². The molecule has 208 valence electrons. The quantitative estimate of drug-likeness (QED) is 0.224. The van der Waals surface area contributed by atoms with Gasteiger partial charge in [-0.3, -0.25) is 4.99 Å². The molecule has 0 aromatic heterocycles. The van der Waals surface area contributed by atoms with Crippen molar-refractivity contribution in [3.8, 4) is 5.75 Å². The van der Waals surface area contributed by atoms with E-state index in [9.17, 15) is 22.7 Å². The lowest BCUT2D eigenvalue weighted by Gasteiger charge is -2.22. The number of rotatable bonds is 13. The van der Waals surface area contributed by atoms with Crippen LogP contribution in [0.25, 0.3) is 0 Å². The molecule has 38 heavy (non-hydrogen) atoms. The number of nitrogens with two attached hydrogens (primary N) is 2. The SMILES string of the molecule is COc1ccc(COC(C)c2cc(F)ccc2N=C(C=C(N)C(F)(F)F)C(O)C(N)CNCC2CC2)cc1. The second-order valence-electron chi connectivity index (χ2n) is 9.35. The van der Waals surface area contributed by atoms with Gasteiger partial charge in [-0.1, -0.05) is 12.1 Å². The lowest BCUT2D eigenvalue weighted by molar-refractivity contribution is -0.0925. The van der Waals surface area contributed by atoms with E-state index in [2.05, 4.69) is 10.3 Å². The van der Waals surface area contributed by atoms with E-state index in [1.807, 2.05) is 12.1 Å². The number of hydrogen-bond donors (Lipinski definition) is 4. The molecule has 7 nitrogen and oxygen atoms in total. The molecular formula is C27H34F4N4O3. The predicted octanol–water partition coefficient (Wildman–Crippen LogP) is 4.28. The maximum absolute atomic E-state index is 14.2. The van der Waals surface area contributed by atoms with Crippen LogP contribution in [0.1, 0.15) is 37.0 Å². The van der Waals surface area contributed by atoms with Crippen LogP contribution in [-0.2, 0) is 11.3 Å². The summed E-state index contributed by atoms with van der Waals surface area (Å²) in [7, 11) is 1.56. The third kappa shape index (κ3) is 8.80. The van der Waals surface area contributed by atoms with E-state index in [4.69, 9.17) is 20.9 Å². The third-order valence-electron chi connectivity index (χ3n) is 6.19. The zero-order valence-corrected chi connectivity index (χ0v) is 21.3. The second kappa shape index (κ2) is 13.2. The minimum Gasteiger partial charge on any atom is -0.497 e. The molecule has 6 N–H and O–H groups in total. The van der Waals surface area contributed by atoms with Crippen LogP contribution in [0, 0.1) is 11.7 Å². The van der Waals surface area contributed by atoms with Crippen molar-refractivity contribution in [3.05, 3.63) is 71.2 Å². The average Bonchev–Trinajstić information content (AvgIpc) is 3.71. The summed E-state index contributed by atoms with van der Waals surface area (Å²) in [5, 5.41) is 13.9. The normalized spacial score (nSPS) is 17.3. The van der Waals surface area contributed by atoms with Gasteiger partial charge in [0.2, 0.25) is 0 Å². The molecule has 0 bridgehead atoms. The standard InChI is InChI=1S/C27H34F4N4O3/c1-16(38-15-18-5-8-20(37-2)9-6-18)21-11-19(28)7-10-23(21)35-24(12-25(33)27(29,30)31)26(36)22(32)14-34-13-17-3-4-17/h5-12,16-17,22,26,34,36H,3-4,13-15,32-33H2,1-2H3. The van der Waals surface area contributed by atoms with Gasteiger partial charge in [-0.25, -0.2) is 4.39 Å². The number of benzene rings is 2.